The summed E-state index contributed by atoms with van der Waals surface area (Å²) in [6.07, 6.45) is 1.72. The van der Waals surface area contributed by atoms with Crippen molar-refractivity contribution in [2.45, 2.75) is 30.4 Å². The van der Waals surface area contributed by atoms with Gasteiger partial charge in [-0.2, -0.15) is 4.31 Å². The third-order valence-electron chi connectivity index (χ3n) is 3.23. The maximum absolute atomic E-state index is 12.7. The third kappa shape index (κ3) is 3.32. The van der Waals surface area contributed by atoms with E-state index in [1.165, 1.54) is 23.5 Å². The van der Waals surface area contributed by atoms with Crippen LogP contribution in [0.15, 0.2) is 23.1 Å². The zero-order chi connectivity index (χ0) is 14.8. The van der Waals surface area contributed by atoms with Crippen molar-refractivity contribution in [3.63, 3.8) is 0 Å². The molecule has 20 heavy (non-hydrogen) atoms. The second-order valence-corrected chi connectivity index (χ2v) is 7.03. The number of rotatable bonds is 7. The van der Waals surface area contributed by atoms with Crippen molar-refractivity contribution in [3.05, 3.63) is 28.8 Å². The van der Waals surface area contributed by atoms with Crippen LogP contribution in [-0.4, -0.2) is 44.1 Å². The lowest BCUT2D eigenvalue weighted by molar-refractivity contribution is 0.177. The third-order valence-corrected chi connectivity index (χ3v) is 5.67. The van der Waals surface area contributed by atoms with Gasteiger partial charge in [0.2, 0.25) is 10.0 Å². The number of aliphatic hydroxyl groups is 1. The summed E-state index contributed by atoms with van der Waals surface area (Å²) in [6, 6.07) is 4.57. The van der Waals surface area contributed by atoms with E-state index in [9.17, 15) is 8.42 Å². The monoisotopic (exact) mass is 319 g/mol. The normalized spacial score (nSPS) is 15.8. The molecule has 0 heterocycles. The van der Waals surface area contributed by atoms with E-state index in [2.05, 4.69) is 0 Å². The maximum Gasteiger partial charge on any atom is 0.244 e. The van der Waals surface area contributed by atoms with E-state index >= 15 is 0 Å². The molecule has 0 aliphatic heterocycles. The molecule has 7 heteroatoms. The Hall–Kier alpha value is -0.660. The molecule has 0 saturated heterocycles. The fraction of sp³-hybridized carbons (Fsp3) is 0.538. The lowest BCUT2D eigenvalue weighted by atomic mass is 10.2. The van der Waals surface area contributed by atoms with Crippen molar-refractivity contribution in [1.82, 2.24) is 4.31 Å². The quantitative estimate of drug-likeness (QED) is 0.829. The second kappa shape index (κ2) is 6.41. The van der Waals surface area contributed by atoms with E-state index in [0.29, 0.717) is 18.7 Å². The molecule has 2 rings (SSSR count). The predicted octanol–water partition coefficient (Wildman–Crippen LogP) is 1.63. The lowest BCUT2D eigenvalue weighted by Crippen LogP contribution is -2.36. The fourth-order valence-corrected chi connectivity index (χ4v) is 4.21. The first-order valence-electron chi connectivity index (χ1n) is 6.40. The van der Waals surface area contributed by atoms with Crippen LogP contribution in [0.3, 0.4) is 0 Å². The van der Waals surface area contributed by atoms with Crippen LogP contribution in [0.4, 0.5) is 0 Å². The zero-order valence-corrected chi connectivity index (χ0v) is 12.8. The molecule has 0 spiro atoms. The van der Waals surface area contributed by atoms with Gasteiger partial charge < -0.3 is 9.84 Å². The highest BCUT2D eigenvalue weighted by atomic mass is 35.5. The maximum atomic E-state index is 12.7. The number of hydrogen-bond donors (Lipinski definition) is 1. The standard InChI is InChI=1S/C13H18ClNO4S/c1-19-7-6-15(11-3-4-11)20(17,18)13-8-10(9-16)2-5-12(13)14/h2,5,8,11,16H,3-4,6-7,9H2,1H3. The van der Waals surface area contributed by atoms with Gasteiger partial charge in [-0.25, -0.2) is 8.42 Å². The Morgan fingerprint density at radius 1 is 1.45 bits per heavy atom. The first-order valence-corrected chi connectivity index (χ1v) is 8.22. The van der Waals surface area contributed by atoms with Crippen LogP contribution in [0.25, 0.3) is 0 Å². The minimum Gasteiger partial charge on any atom is -0.392 e. The highest BCUT2D eigenvalue weighted by molar-refractivity contribution is 7.89. The average molecular weight is 320 g/mol. The molecular weight excluding hydrogens is 302 g/mol. The number of halogens is 1. The lowest BCUT2D eigenvalue weighted by Gasteiger charge is -2.22. The summed E-state index contributed by atoms with van der Waals surface area (Å²) in [7, 11) is -2.12. The second-order valence-electron chi connectivity index (χ2n) is 4.76. The summed E-state index contributed by atoms with van der Waals surface area (Å²) < 4.78 is 31.8. The molecule has 1 aliphatic rings. The Kier molecular flexibility index (Phi) is 5.04. The molecule has 1 aromatic rings. The molecule has 0 atom stereocenters. The smallest absolute Gasteiger partial charge is 0.244 e. The molecule has 1 aromatic carbocycles. The van der Waals surface area contributed by atoms with Gasteiger partial charge in [-0.05, 0) is 30.5 Å². The van der Waals surface area contributed by atoms with Crippen LogP contribution in [0.5, 0.6) is 0 Å². The van der Waals surface area contributed by atoms with Crippen LogP contribution in [0.2, 0.25) is 5.02 Å². The van der Waals surface area contributed by atoms with Crippen LogP contribution >= 0.6 is 11.6 Å². The van der Waals surface area contributed by atoms with E-state index in [1.54, 1.807) is 6.07 Å². The molecule has 1 saturated carbocycles. The van der Waals surface area contributed by atoms with Gasteiger partial charge in [0.25, 0.3) is 0 Å². The minimum absolute atomic E-state index is 0.0315. The molecule has 0 amide bonds. The summed E-state index contributed by atoms with van der Waals surface area (Å²) >= 11 is 6.02. The summed E-state index contributed by atoms with van der Waals surface area (Å²) in [4.78, 5) is 0.0497. The molecule has 0 radical (unpaired) electrons. The highest BCUT2D eigenvalue weighted by Gasteiger charge is 2.38. The van der Waals surface area contributed by atoms with Gasteiger partial charge in [0.05, 0.1) is 18.2 Å². The number of aliphatic hydroxyl groups excluding tert-OH is 1. The predicted molar refractivity (Wildman–Crippen MR) is 76.2 cm³/mol. The topological polar surface area (TPSA) is 66.8 Å². The molecule has 1 N–H and O–H groups in total. The molecule has 112 valence electrons. The van der Waals surface area contributed by atoms with Gasteiger partial charge in [0, 0.05) is 19.7 Å². The zero-order valence-electron chi connectivity index (χ0n) is 11.3. The average Bonchev–Trinajstić information content (AvgIpc) is 3.24. The van der Waals surface area contributed by atoms with E-state index < -0.39 is 10.0 Å². The molecule has 1 fully saturated rings. The number of sulfonamides is 1. The number of ether oxygens (including phenoxy) is 1. The molecule has 0 aromatic heterocycles. The van der Waals surface area contributed by atoms with Gasteiger partial charge in [-0.3, -0.25) is 0 Å². The highest BCUT2D eigenvalue weighted by Crippen LogP contribution is 2.34. The van der Waals surface area contributed by atoms with Crippen molar-refractivity contribution >= 4 is 21.6 Å². The summed E-state index contributed by atoms with van der Waals surface area (Å²) in [6.45, 7) is 0.428. The first kappa shape index (κ1) is 15.7. The molecule has 0 unspecified atom stereocenters. The minimum atomic E-state index is -3.66. The number of methoxy groups -OCH3 is 1. The van der Waals surface area contributed by atoms with Crippen molar-refractivity contribution in [1.29, 1.82) is 0 Å². The van der Waals surface area contributed by atoms with Crippen molar-refractivity contribution in [2.75, 3.05) is 20.3 Å². The Labute approximate surface area is 124 Å². The van der Waals surface area contributed by atoms with E-state index in [0.717, 1.165) is 12.8 Å². The molecular formula is C13H18ClNO4S. The summed E-state index contributed by atoms with van der Waals surface area (Å²) in [5.74, 6) is 0. The Morgan fingerprint density at radius 2 is 2.15 bits per heavy atom. The molecule has 1 aliphatic carbocycles. The number of nitrogens with zero attached hydrogens (tertiary/aromatic N) is 1. The van der Waals surface area contributed by atoms with Gasteiger partial charge in [-0.1, -0.05) is 17.7 Å². The van der Waals surface area contributed by atoms with Crippen LogP contribution < -0.4 is 0 Å². The van der Waals surface area contributed by atoms with Crippen molar-refractivity contribution in [2.24, 2.45) is 0 Å². The first-order chi connectivity index (χ1) is 9.50. The summed E-state index contributed by atoms with van der Waals surface area (Å²) in [5.41, 5.74) is 0.524. The fourth-order valence-electron chi connectivity index (χ4n) is 2.01. The Morgan fingerprint density at radius 3 is 2.70 bits per heavy atom. The van der Waals surface area contributed by atoms with Crippen LogP contribution in [0.1, 0.15) is 18.4 Å². The van der Waals surface area contributed by atoms with Crippen molar-refractivity contribution in [3.8, 4) is 0 Å². The molecule has 0 bridgehead atoms. The van der Waals surface area contributed by atoms with E-state index in [-0.39, 0.29) is 22.6 Å². The number of hydrogen-bond acceptors (Lipinski definition) is 4. The molecule has 5 nitrogen and oxygen atoms in total. The van der Waals surface area contributed by atoms with Gasteiger partial charge in [0.15, 0.2) is 0 Å². The Bertz CT molecular complexity index is 572. The van der Waals surface area contributed by atoms with Crippen LogP contribution in [-0.2, 0) is 21.4 Å². The van der Waals surface area contributed by atoms with Crippen molar-refractivity contribution < 1.29 is 18.3 Å². The van der Waals surface area contributed by atoms with Gasteiger partial charge >= 0.3 is 0 Å². The van der Waals surface area contributed by atoms with Crippen LogP contribution in [0, 0.1) is 0 Å². The largest absolute Gasteiger partial charge is 0.392 e. The van der Waals surface area contributed by atoms with Gasteiger partial charge in [-0.15, -0.1) is 0 Å². The van der Waals surface area contributed by atoms with E-state index in [1.807, 2.05) is 0 Å². The summed E-state index contributed by atoms with van der Waals surface area (Å²) in [5, 5.41) is 9.32. The number of benzene rings is 1. The van der Waals surface area contributed by atoms with Gasteiger partial charge in [0.1, 0.15) is 4.90 Å². The SMILES string of the molecule is COCCN(C1CC1)S(=O)(=O)c1cc(CO)ccc1Cl. The van der Waals surface area contributed by atoms with E-state index in [4.69, 9.17) is 21.4 Å². The Balaban J connectivity index is 2.36.